The van der Waals surface area contributed by atoms with Crippen molar-refractivity contribution >= 4 is 31.5 Å². The summed E-state index contributed by atoms with van der Waals surface area (Å²) in [5.74, 6) is -0.537. The predicted molar refractivity (Wildman–Crippen MR) is 142 cm³/mol. The van der Waals surface area contributed by atoms with Crippen molar-refractivity contribution in [2.45, 2.75) is 28.9 Å². The first-order valence-corrected chi connectivity index (χ1v) is 14.9. The van der Waals surface area contributed by atoms with Crippen molar-refractivity contribution in [2.24, 2.45) is 0 Å². The normalized spacial score (nSPS) is 12.9. The Morgan fingerprint density at radius 3 is 2.05 bits per heavy atom. The molecule has 0 spiro atoms. The number of nitrogens with one attached hydrogen (secondary N) is 1. The molecule has 0 radical (unpaired) electrons. The van der Waals surface area contributed by atoms with Gasteiger partial charge < -0.3 is 14.8 Å². The van der Waals surface area contributed by atoms with E-state index in [0.29, 0.717) is 15.9 Å². The summed E-state index contributed by atoms with van der Waals surface area (Å²) in [7, 11) is -5.39. The number of carbonyl (C=O) groups is 1. The van der Waals surface area contributed by atoms with Gasteiger partial charge in [-0.05, 0) is 55.0 Å². The number of benzene rings is 3. The zero-order valence-electron chi connectivity index (χ0n) is 21.9. The number of methoxy groups -OCH3 is 2. The Labute approximate surface area is 230 Å². The maximum atomic E-state index is 13.7. The number of anilines is 1. The van der Waals surface area contributed by atoms with Gasteiger partial charge in [0.2, 0.25) is 5.91 Å². The van der Waals surface area contributed by atoms with Crippen molar-refractivity contribution in [3.8, 4) is 11.5 Å². The van der Waals surface area contributed by atoms with Crippen molar-refractivity contribution in [3.63, 3.8) is 0 Å². The fraction of sp³-hybridized carbons (Fsp3) is 0.269. The third-order valence-corrected chi connectivity index (χ3v) is 8.78. The smallest absolute Gasteiger partial charge is 0.416 e. The highest BCUT2D eigenvalue weighted by atomic mass is 32.2. The van der Waals surface area contributed by atoms with Crippen LogP contribution in [0, 0.1) is 0 Å². The molecule has 0 bridgehead atoms. The van der Waals surface area contributed by atoms with Crippen molar-refractivity contribution < 1.29 is 44.3 Å². The van der Waals surface area contributed by atoms with Gasteiger partial charge in [-0.1, -0.05) is 18.2 Å². The zero-order chi connectivity index (χ0) is 29.9. The Morgan fingerprint density at radius 2 is 1.50 bits per heavy atom. The van der Waals surface area contributed by atoms with Crippen LogP contribution in [-0.2, 0) is 30.8 Å². The number of amides is 1. The van der Waals surface area contributed by atoms with E-state index >= 15 is 0 Å². The minimum absolute atomic E-state index is 0.0585. The Bertz CT molecular complexity index is 1590. The van der Waals surface area contributed by atoms with Gasteiger partial charge in [-0.3, -0.25) is 9.10 Å². The lowest BCUT2D eigenvalue weighted by atomic mass is 10.1. The zero-order valence-corrected chi connectivity index (χ0v) is 23.5. The number of nitrogens with zero attached hydrogens (tertiary/aromatic N) is 1. The van der Waals surface area contributed by atoms with Gasteiger partial charge in [-0.25, -0.2) is 16.8 Å². The van der Waals surface area contributed by atoms with Crippen LogP contribution in [0.3, 0.4) is 0 Å². The fourth-order valence-corrected chi connectivity index (χ4v) is 5.82. The van der Waals surface area contributed by atoms with Crippen LogP contribution in [0.1, 0.15) is 24.1 Å². The lowest BCUT2D eigenvalue weighted by Gasteiger charge is -2.26. The van der Waals surface area contributed by atoms with E-state index in [9.17, 15) is 34.8 Å². The van der Waals surface area contributed by atoms with Crippen LogP contribution in [0.15, 0.2) is 76.5 Å². The standard InChI is InChI=1S/C26H27F3N2O7S2/c1-17(18-8-10-21(11-9-18)39(4,33)34)30-25(32)16-31(20-7-5-6-19(14-20)26(27,28)29)40(35,36)22-12-13-23(37-2)24(15-22)38-3/h5-15,17H,16H2,1-4H3,(H,30,32). The molecule has 3 aromatic carbocycles. The largest absolute Gasteiger partial charge is 0.493 e. The predicted octanol–water partition coefficient (Wildman–Crippen LogP) is 4.20. The molecular weight excluding hydrogens is 573 g/mol. The van der Waals surface area contributed by atoms with Gasteiger partial charge >= 0.3 is 6.18 Å². The maximum absolute atomic E-state index is 13.7. The second-order valence-electron chi connectivity index (χ2n) is 8.71. The van der Waals surface area contributed by atoms with Crippen LogP contribution in [0.25, 0.3) is 0 Å². The number of sulfone groups is 1. The van der Waals surface area contributed by atoms with Gasteiger partial charge in [-0.2, -0.15) is 13.2 Å². The highest BCUT2D eigenvalue weighted by Gasteiger charge is 2.34. The average Bonchev–Trinajstić information content (AvgIpc) is 2.90. The van der Waals surface area contributed by atoms with E-state index in [1.54, 1.807) is 6.92 Å². The van der Waals surface area contributed by atoms with Crippen molar-refractivity contribution in [2.75, 3.05) is 31.3 Å². The molecule has 1 amide bonds. The number of sulfonamides is 1. The SMILES string of the molecule is COc1ccc(S(=O)(=O)N(CC(=O)NC(C)c2ccc(S(C)(=O)=O)cc2)c2cccc(C(F)(F)F)c2)cc1OC. The van der Waals surface area contributed by atoms with Crippen molar-refractivity contribution in [3.05, 3.63) is 77.9 Å². The topological polar surface area (TPSA) is 119 Å². The Morgan fingerprint density at radius 1 is 0.900 bits per heavy atom. The van der Waals surface area contributed by atoms with E-state index < -0.39 is 50.1 Å². The summed E-state index contributed by atoms with van der Waals surface area (Å²) in [4.78, 5) is 12.8. The Balaban J connectivity index is 1.99. The molecule has 216 valence electrons. The molecule has 0 fully saturated rings. The van der Waals surface area contributed by atoms with Gasteiger partial charge in [0.1, 0.15) is 6.54 Å². The summed E-state index contributed by atoms with van der Waals surface area (Å²) in [5, 5.41) is 2.60. The minimum atomic E-state index is -4.76. The fourth-order valence-electron chi connectivity index (χ4n) is 3.76. The molecule has 1 N–H and O–H groups in total. The summed E-state index contributed by atoms with van der Waals surface area (Å²) in [5.41, 5.74) is -0.962. The number of rotatable bonds is 10. The van der Waals surface area contributed by atoms with E-state index in [2.05, 4.69) is 5.32 Å². The van der Waals surface area contributed by atoms with Crippen LogP contribution in [0.5, 0.6) is 11.5 Å². The molecule has 9 nitrogen and oxygen atoms in total. The van der Waals surface area contributed by atoms with Gasteiger partial charge in [-0.15, -0.1) is 0 Å². The molecule has 0 aromatic heterocycles. The molecule has 3 rings (SSSR count). The molecule has 0 aliphatic carbocycles. The summed E-state index contributed by atoms with van der Waals surface area (Å²) in [6.07, 6.45) is -3.71. The molecule has 0 heterocycles. The van der Waals surface area contributed by atoms with Crippen LogP contribution in [-0.4, -0.2) is 49.8 Å². The molecule has 0 aliphatic heterocycles. The molecule has 1 unspecified atom stereocenters. The van der Waals surface area contributed by atoms with Crippen molar-refractivity contribution in [1.29, 1.82) is 0 Å². The number of hydrogen-bond acceptors (Lipinski definition) is 7. The van der Waals surface area contributed by atoms with Gasteiger partial charge in [0.05, 0.1) is 41.3 Å². The molecule has 14 heteroatoms. The quantitative estimate of drug-likeness (QED) is 0.371. The van der Waals surface area contributed by atoms with E-state index in [0.717, 1.165) is 30.5 Å². The molecule has 1 atom stereocenters. The number of carbonyl (C=O) groups excluding carboxylic acids is 1. The maximum Gasteiger partial charge on any atom is 0.416 e. The van der Waals surface area contributed by atoms with E-state index in [4.69, 9.17) is 9.47 Å². The van der Waals surface area contributed by atoms with Crippen LogP contribution >= 0.6 is 0 Å². The molecule has 0 saturated carbocycles. The van der Waals surface area contributed by atoms with Gasteiger partial charge in [0, 0.05) is 12.3 Å². The molecule has 40 heavy (non-hydrogen) atoms. The van der Waals surface area contributed by atoms with Crippen LogP contribution in [0.4, 0.5) is 18.9 Å². The Hall–Kier alpha value is -3.78. The molecule has 0 saturated heterocycles. The third kappa shape index (κ3) is 7.04. The number of halogens is 3. The van der Waals surface area contributed by atoms with E-state index in [1.807, 2.05) is 0 Å². The molecule has 0 aliphatic rings. The molecule has 3 aromatic rings. The van der Waals surface area contributed by atoms with Crippen LogP contribution in [0.2, 0.25) is 0 Å². The minimum Gasteiger partial charge on any atom is -0.493 e. The summed E-state index contributed by atoms with van der Waals surface area (Å²) < 4.78 is 102. The van der Waals surface area contributed by atoms with Gasteiger partial charge in [0.15, 0.2) is 21.3 Å². The Kier molecular flexibility index (Phi) is 9.04. The second-order valence-corrected chi connectivity index (χ2v) is 12.6. The summed E-state index contributed by atoms with van der Waals surface area (Å²) >= 11 is 0. The van der Waals surface area contributed by atoms with E-state index in [1.165, 1.54) is 50.6 Å². The first kappa shape index (κ1) is 30.8. The first-order valence-electron chi connectivity index (χ1n) is 11.6. The summed E-state index contributed by atoms with van der Waals surface area (Å²) in [6, 6.07) is 12.3. The second kappa shape index (κ2) is 11.8. The number of alkyl halides is 3. The summed E-state index contributed by atoms with van der Waals surface area (Å²) in [6.45, 7) is 0.731. The van der Waals surface area contributed by atoms with Gasteiger partial charge in [0.25, 0.3) is 10.0 Å². The highest BCUT2D eigenvalue weighted by molar-refractivity contribution is 7.93. The highest BCUT2D eigenvalue weighted by Crippen LogP contribution is 2.35. The number of hydrogen-bond donors (Lipinski definition) is 1. The monoisotopic (exact) mass is 600 g/mol. The first-order chi connectivity index (χ1) is 18.6. The third-order valence-electron chi connectivity index (χ3n) is 5.88. The average molecular weight is 601 g/mol. The molecular formula is C26H27F3N2O7S2. The van der Waals surface area contributed by atoms with Crippen LogP contribution < -0.4 is 19.1 Å². The lowest BCUT2D eigenvalue weighted by molar-refractivity contribution is -0.137. The number of ether oxygens (including phenoxy) is 2. The van der Waals surface area contributed by atoms with Crippen molar-refractivity contribution in [1.82, 2.24) is 5.32 Å². The lowest BCUT2D eigenvalue weighted by Crippen LogP contribution is -2.41. The van der Waals surface area contributed by atoms with E-state index in [-0.39, 0.29) is 27.0 Å².